The van der Waals surface area contributed by atoms with Gasteiger partial charge in [-0.2, -0.15) is 0 Å². The van der Waals surface area contributed by atoms with Crippen molar-refractivity contribution in [1.82, 2.24) is 0 Å². The average Bonchev–Trinajstić information content (AvgIpc) is 2.20. The smallest absolute Gasteiger partial charge is 0.402 e. The van der Waals surface area contributed by atoms with Gasteiger partial charge in [-0.3, -0.25) is 0 Å². The topological polar surface area (TPSA) is 53.7 Å². The monoisotopic (exact) mass is 233 g/mol. The molecule has 0 unspecified atom stereocenters. The summed E-state index contributed by atoms with van der Waals surface area (Å²) in [6.07, 6.45) is 2.79. The third-order valence-corrected chi connectivity index (χ3v) is 4.93. The van der Waals surface area contributed by atoms with E-state index in [2.05, 4.69) is 13.8 Å². The van der Waals surface area contributed by atoms with Gasteiger partial charge in [0.15, 0.2) is 0 Å². The van der Waals surface area contributed by atoms with Crippen molar-refractivity contribution < 1.29 is 13.3 Å². The Kier molecular flexibility index (Phi) is 6.83. The Labute approximate surface area is 93.8 Å². The van der Waals surface area contributed by atoms with Crippen LogP contribution in [-0.2, 0) is 13.3 Å². The lowest BCUT2D eigenvalue weighted by molar-refractivity contribution is 0.123. The SMILES string of the molecule is CO[Si](CCC(N)=CC(C)C)(OC)OC. The first-order valence-corrected chi connectivity index (χ1v) is 7.04. The van der Waals surface area contributed by atoms with Crippen molar-refractivity contribution in [1.29, 1.82) is 0 Å². The third-order valence-electron chi connectivity index (χ3n) is 2.20. The van der Waals surface area contributed by atoms with Crippen LogP contribution in [0.2, 0.25) is 6.04 Å². The third kappa shape index (κ3) is 5.32. The molecule has 0 aromatic carbocycles. The first-order chi connectivity index (χ1) is 6.99. The molecular formula is C10H23NO3Si. The number of hydrogen-bond acceptors (Lipinski definition) is 4. The van der Waals surface area contributed by atoms with Crippen LogP contribution in [0, 0.1) is 5.92 Å². The molecule has 0 rings (SSSR count). The van der Waals surface area contributed by atoms with Gasteiger partial charge in [0.2, 0.25) is 0 Å². The van der Waals surface area contributed by atoms with Crippen LogP contribution in [0.25, 0.3) is 0 Å². The lowest BCUT2D eigenvalue weighted by atomic mass is 10.1. The molecule has 90 valence electrons. The zero-order chi connectivity index (χ0) is 11.9. The van der Waals surface area contributed by atoms with Crippen molar-refractivity contribution in [3.8, 4) is 0 Å². The number of nitrogens with two attached hydrogens (primary N) is 1. The molecule has 0 fully saturated rings. The molecule has 0 aliphatic rings. The molecule has 0 bridgehead atoms. The lowest BCUT2D eigenvalue weighted by Gasteiger charge is -2.24. The molecule has 0 amide bonds. The first-order valence-electron chi connectivity index (χ1n) is 5.11. The molecule has 0 radical (unpaired) electrons. The van der Waals surface area contributed by atoms with Gasteiger partial charge in [-0.05, 0) is 12.3 Å². The summed E-state index contributed by atoms with van der Waals surface area (Å²) in [5.41, 5.74) is 6.73. The van der Waals surface area contributed by atoms with E-state index < -0.39 is 8.80 Å². The van der Waals surface area contributed by atoms with Crippen LogP contribution in [0.5, 0.6) is 0 Å². The Morgan fingerprint density at radius 1 is 1.20 bits per heavy atom. The van der Waals surface area contributed by atoms with E-state index >= 15 is 0 Å². The van der Waals surface area contributed by atoms with Crippen molar-refractivity contribution in [2.45, 2.75) is 26.3 Å². The molecule has 0 aromatic rings. The minimum Gasteiger partial charge on any atom is -0.402 e. The summed E-state index contributed by atoms with van der Waals surface area (Å²) in [7, 11) is 2.39. The quantitative estimate of drug-likeness (QED) is 0.681. The second kappa shape index (κ2) is 7.00. The highest BCUT2D eigenvalue weighted by molar-refractivity contribution is 6.60. The molecule has 0 saturated heterocycles. The molecule has 0 aliphatic heterocycles. The zero-order valence-corrected chi connectivity index (χ0v) is 11.4. The summed E-state index contributed by atoms with van der Waals surface area (Å²) in [6, 6.07) is 0.714. The molecule has 5 heteroatoms. The Balaban J connectivity index is 4.22. The van der Waals surface area contributed by atoms with Gasteiger partial charge < -0.3 is 19.0 Å². The maximum atomic E-state index is 5.86. The summed E-state index contributed by atoms with van der Waals surface area (Å²) >= 11 is 0. The minimum atomic E-state index is -2.45. The highest BCUT2D eigenvalue weighted by Gasteiger charge is 2.37. The fourth-order valence-electron chi connectivity index (χ4n) is 1.37. The van der Waals surface area contributed by atoms with E-state index in [0.29, 0.717) is 12.0 Å². The van der Waals surface area contributed by atoms with Gasteiger partial charge in [-0.1, -0.05) is 19.9 Å². The van der Waals surface area contributed by atoms with Crippen molar-refractivity contribution in [3.05, 3.63) is 11.8 Å². The molecule has 0 aromatic heterocycles. The molecule has 15 heavy (non-hydrogen) atoms. The Hall–Kier alpha value is -0.363. The van der Waals surface area contributed by atoms with Crippen LogP contribution in [0.4, 0.5) is 0 Å². The predicted octanol–water partition coefficient (Wildman–Crippen LogP) is 1.75. The van der Waals surface area contributed by atoms with E-state index in [4.69, 9.17) is 19.0 Å². The normalized spacial score (nSPS) is 13.6. The Bertz CT molecular complexity index is 195. The summed E-state index contributed by atoms with van der Waals surface area (Å²) in [5, 5.41) is 0. The van der Waals surface area contributed by atoms with Gasteiger partial charge in [-0.25, -0.2) is 0 Å². The van der Waals surface area contributed by atoms with Crippen molar-refractivity contribution >= 4 is 8.80 Å². The molecular weight excluding hydrogens is 210 g/mol. The van der Waals surface area contributed by atoms with Gasteiger partial charge in [0, 0.05) is 33.1 Å². The van der Waals surface area contributed by atoms with Crippen LogP contribution in [0.15, 0.2) is 11.8 Å². The van der Waals surface area contributed by atoms with E-state index in [1.54, 1.807) is 21.3 Å². The number of rotatable bonds is 7. The maximum Gasteiger partial charge on any atom is 0.500 e. The van der Waals surface area contributed by atoms with E-state index in [-0.39, 0.29) is 0 Å². The Morgan fingerprint density at radius 3 is 2.00 bits per heavy atom. The van der Waals surface area contributed by atoms with Gasteiger partial charge in [0.1, 0.15) is 0 Å². The van der Waals surface area contributed by atoms with E-state index in [9.17, 15) is 0 Å². The van der Waals surface area contributed by atoms with E-state index in [1.165, 1.54) is 0 Å². The highest BCUT2D eigenvalue weighted by Crippen LogP contribution is 2.17. The van der Waals surface area contributed by atoms with Crippen LogP contribution in [0.3, 0.4) is 0 Å². The van der Waals surface area contributed by atoms with Crippen molar-refractivity contribution in [2.75, 3.05) is 21.3 Å². The van der Waals surface area contributed by atoms with Gasteiger partial charge in [-0.15, -0.1) is 0 Å². The van der Waals surface area contributed by atoms with Crippen LogP contribution >= 0.6 is 0 Å². The Morgan fingerprint density at radius 2 is 1.67 bits per heavy atom. The van der Waals surface area contributed by atoms with Crippen LogP contribution in [0.1, 0.15) is 20.3 Å². The van der Waals surface area contributed by atoms with Crippen LogP contribution < -0.4 is 5.73 Å². The zero-order valence-electron chi connectivity index (χ0n) is 10.4. The largest absolute Gasteiger partial charge is 0.500 e. The van der Waals surface area contributed by atoms with Gasteiger partial charge >= 0.3 is 8.80 Å². The maximum absolute atomic E-state index is 5.86. The molecule has 4 nitrogen and oxygen atoms in total. The molecule has 0 heterocycles. The fraction of sp³-hybridized carbons (Fsp3) is 0.800. The van der Waals surface area contributed by atoms with Crippen molar-refractivity contribution in [2.24, 2.45) is 11.7 Å². The second-order valence-electron chi connectivity index (χ2n) is 3.78. The lowest BCUT2D eigenvalue weighted by Crippen LogP contribution is -2.42. The van der Waals surface area contributed by atoms with E-state index in [0.717, 1.165) is 12.1 Å². The van der Waals surface area contributed by atoms with Gasteiger partial charge in [0.25, 0.3) is 0 Å². The molecule has 0 atom stereocenters. The standard InChI is InChI=1S/C10H23NO3Si/c1-9(2)8-10(11)6-7-15(12-3,13-4)14-5/h8-9H,6-7,11H2,1-5H3. The molecule has 0 spiro atoms. The van der Waals surface area contributed by atoms with Gasteiger partial charge in [0.05, 0.1) is 0 Å². The molecule has 0 aliphatic carbocycles. The van der Waals surface area contributed by atoms with Crippen LogP contribution in [-0.4, -0.2) is 30.1 Å². The molecule has 0 saturated carbocycles. The predicted molar refractivity (Wildman–Crippen MR) is 63.3 cm³/mol. The fourth-order valence-corrected chi connectivity index (χ4v) is 3.07. The highest BCUT2D eigenvalue weighted by atomic mass is 28.4. The number of hydrogen-bond donors (Lipinski definition) is 1. The summed E-state index contributed by atoms with van der Waals surface area (Å²) in [4.78, 5) is 0. The average molecular weight is 233 g/mol. The first kappa shape index (κ1) is 14.6. The summed E-state index contributed by atoms with van der Waals surface area (Å²) < 4.78 is 15.9. The van der Waals surface area contributed by atoms with Crippen molar-refractivity contribution in [3.63, 3.8) is 0 Å². The molecule has 2 N–H and O–H groups in total. The number of allylic oxidation sites excluding steroid dienone is 2. The summed E-state index contributed by atoms with van der Waals surface area (Å²) in [6.45, 7) is 4.20. The second-order valence-corrected chi connectivity index (χ2v) is 6.87. The summed E-state index contributed by atoms with van der Waals surface area (Å²) in [5.74, 6) is 0.466. The van der Waals surface area contributed by atoms with E-state index in [1.807, 2.05) is 6.08 Å². The minimum absolute atomic E-state index is 0.466.